The largest absolute Gasteiger partial charge is 0.454 e. The molecule has 1 aromatic carbocycles. The number of rotatable bonds is 2. The quantitative estimate of drug-likeness (QED) is 0.674. The van der Waals surface area contributed by atoms with Crippen molar-refractivity contribution in [2.45, 2.75) is 20.3 Å². The number of hydrogen-bond acceptors (Lipinski definition) is 3. The Labute approximate surface area is 82.6 Å². The summed E-state index contributed by atoms with van der Waals surface area (Å²) in [6.07, 6.45) is 0.779. The van der Waals surface area contributed by atoms with E-state index in [2.05, 4.69) is 0 Å². The molecule has 0 aromatic heterocycles. The molecule has 3 nitrogen and oxygen atoms in total. The zero-order valence-electron chi connectivity index (χ0n) is 8.29. The van der Waals surface area contributed by atoms with Gasteiger partial charge in [0.1, 0.15) is 0 Å². The van der Waals surface area contributed by atoms with Gasteiger partial charge in [-0.2, -0.15) is 0 Å². The first-order chi connectivity index (χ1) is 6.74. The monoisotopic (exact) mass is 192 g/mol. The molecule has 0 saturated carbocycles. The first-order valence-corrected chi connectivity index (χ1v) is 4.66. The van der Waals surface area contributed by atoms with Gasteiger partial charge in [0, 0.05) is 11.1 Å². The second-order valence-electron chi connectivity index (χ2n) is 3.24. The van der Waals surface area contributed by atoms with Gasteiger partial charge in [0.15, 0.2) is 17.3 Å². The second kappa shape index (κ2) is 3.33. The molecule has 0 fully saturated rings. The number of carbonyl (C=O) groups excluding carboxylic acids is 1. The van der Waals surface area contributed by atoms with E-state index in [1.54, 1.807) is 19.1 Å². The van der Waals surface area contributed by atoms with E-state index in [1.165, 1.54) is 0 Å². The molecule has 0 spiro atoms. The van der Waals surface area contributed by atoms with Crippen molar-refractivity contribution in [3.8, 4) is 11.5 Å². The van der Waals surface area contributed by atoms with Crippen LogP contribution in [0.2, 0.25) is 0 Å². The molecule has 74 valence electrons. The first-order valence-electron chi connectivity index (χ1n) is 4.66. The van der Waals surface area contributed by atoms with Gasteiger partial charge in [0.05, 0.1) is 0 Å². The van der Waals surface area contributed by atoms with Crippen molar-refractivity contribution in [1.82, 2.24) is 0 Å². The smallest absolute Gasteiger partial charge is 0.231 e. The summed E-state index contributed by atoms with van der Waals surface area (Å²) in [5.41, 5.74) is 1.68. The van der Waals surface area contributed by atoms with Crippen LogP contribution in [-0.2, 0) is 6.42 Å². The molecule has 1 aromatic rings. The van der Waals surface area contributed by atoms with Crippen molar-refractivity contribution in [3.05, 3.63) is 23.3 Å². The number of fused-ring (bicyclic) bond motifs is 1. The highest BCUT2D eigenvalue weighted by molar-refractivity contribution is 5.96. The highest BCUT2D eigenvalue weighted by Gasteiger charge is 2.20. The maximum atomic E-state index is 11.3. The zero-order chi connectivity index (χ0) is 10.1. The second-order valence-corrected chi connectivity index (χ2v) is 3.24. The Hall–Kier alpha value is -1.51. The van der Waals surface area contributed by atoms with E-state index < -0.39 is 0 Å². The molecule has 0 atom stereocenters. The number of hydrogen-bond donors (Lipinski definition) is 0. The van der Waals surface area contributed by atoms with E-state index in [4.69, 9.17) is 9.47 Å². The Kier molecular flexibility index (Phi) is 2.15. The molecular formula is C11H12O3. The Balaban J connectivity index is 2.59. The number of ether oxygens (including phenoxy) is 2. The molecule has 0 bridgehead atoms. The number of carbonyl (C=O) groups is 1. The van der Waals surface area contributed by atoms with E-state index in [0.29, 0.717) is 0 Å². The average molecular weight is 192 g/mol. The van der Waals surface area contributed by atoms with Crippen LogP contribution < -0.4 is 9.47 Å². The highest BCUT2D eigenvalue weighted by atomic mass is 16.7. The third kappa shape index (κ3) is 1.25. The third-order valence-corrected chi connectivity index (χ3v) is 2.37. The minimum atomic E-state index is 0.0696. The molecular weight excluding hydrogens is 180 g/mol. The van der Waals surface area contributed by atoms with Gasteiger partial charge in [-0.05, 0) is 25.5 Å². The van der Waals surface area contributed by atoms with Crippen LogP contribution in [0.5, 0.6) is 11.5 Å². The van der Waals surface area contributed by atoms with Crippen LogP contribution in [0.15, 0.2) is 12.1 Å². The van der Waals surface area contributed by atoms with Crippen LogP contribution in [0.3, 0.4) is 0 Å². The fourth-order valence-corrected chi connectivity index (χ4v) is 1.71. The Morgan fingerprint density at radius 2 is 2.21 bits per heavy atom. The van der Waals surface area contributed by atoms with Crippen molar-refractivity contribution in [3.63, 3.8) is 0 Å². The van der Waals surface area contributed by atoms with E-state index in [-0.39, 0.29) is 12.6 Å². The summed E-state index contributed by atoms with van der Waals surface area (Å²) in [5.74, 6) is 1.55. The van der Waals surface area contributed by atoms with E-state index >= 15 is 0 Å². The highest BCUT2D eigenvalue weighted by Crippen LogP contribution is 2.37. The van der Waals surface area contributed by atoms with Crippen LogP contribution in [0.4, 0.5) is 0 Å². The minimum Gasteiger partial charge on any atom is -0.454 e. The normalized spacial score (nSPS) is 13.0. The van der Waals surface area contributed by atoms with Crippen LogP contribution in [0.1, 0.15) is 29.8 Å². The molecule has 0 aliphatic carbocycles. The summed E-state index contributed by atoms with van der Waals surface area (Å²) in [4.78, 5) is 11.3. The lowest BCUT2D eigenvalue weighted by molar-refractivity contribution is 0.101. The topological polar surface area (TPSA) is 35.5 Å². The Morgan fingerprint density at radius 3 is 2.86 bits per heavy atom. The van der Waals surface area contributed by atoms with Crippen molar-refractivity contribution >= 4 is 5.78 Å². The number of ketones is 1. The molecule has 0 radical (unpaired) electrons. The summed E-state index contributed by atoms with van der Waals surface area (Å²) in [6, 6.07) is 3.59. The molecule has 2 rings (SSSR count). The maximum Gasteiger partial charge on any atom is 0.231 e. The van der Waals surface area contributed by atoms with Crippen LogP contribution in [0, 0.1) is 0 Å². The van der Waals surface area contributed by atoms with Gasteiger partial charge in [0.25, 0.3) is 0 Å². The standard InChI is InChI=1S/C11H12O3/c1-3-8-9(7(2)12)4-5-10-11(8)14-6-13-10/h4-5H,3,6H2,1-2H3. The van der Waals surface area contributed by atoms with Crippen LogP contribution in [0.25, 0.3) is 0 Å². The molecule has 1 aliphatic rings. The zero-order valence-corrected chi connectivity index (χ0v) is 8.29. The minimum absolute atomic E-state index is 0.0696. The predicted octanol–water partition coefficient (Wildman–Crippen LogP) is 2.18. The fourth-order valence-electron chi connectivity index (χ4n) is 1.71. The average Bonchev–Trinajstić information content (AvgIpc) is 2.63. The molecule has 3 heteroatoms. The lowest BCUT2D eigenvalue weighted by atomic mass is 10.0. The van der Waals surface area contributed by atoms with Gasteiger partial charge in [-0.15, -0.1) is 0 Å². The van der Waals surface area contributed by atoms with Crippen molar-refractivity contribution in [1.29, 1.82) is 0 Å². The van der Waals surface area contributed by atoms with Gasteiger partial charge < -0.3 is 9.47 Å². The van der Waals surface area contributed by atoms with Gasteiger partial charge >= 0.3 is 0 Å². The molecule has 0 amide bonds. The molecule has 0 N–H and O–H groups in total. The molecule has 1 aliphatic heterocycles. The number of Topliss-reactive ketones (excluding diaryl/α,β-unsaturated/α-hetero) is 1. The SMILES string of the molecule is CCc1c(C(C)=O)ccc2c1OCO2. The molecule has 1 heterocycles. The molecule has 14 heavy (non-hydrogen) atoms. The Morgan fingerprint density at radius 1 is 1.43 bits per heavy atom. The van der Waals surface area contributed by atoms with Gasteiger partial charge in [-0.3, -0.25) is 4.79 Å². The van der Waals surface area contributed by atoms with Crippen molar-refractivity contribution in [2.24, 2.45) is 0 Å². The third-order valence-electron chi connectivity index (χ3n) is 2.37. The van der Waals surface area contributed by atoms with Gasteiger partial charge in [0.2, 0.25) is 6.79 Å². The lowest BCUT2D eigenvalue weighted by Gasteiger charge is -2.07. The summed E-state index contributed by atoms with van der Waals surface area (Å²) in [6.45, 7) is 3.82. The van der Waals surface area contributed by atoms with E-state index in [0.717, 1.165) is 29.0 Å². The fraction of sp³-hybridized carbons (Fsp3) is 0.364. The maximum absolute atomic E-state index is 11.3. The Bertz CT molecular complexity index is 382. The van der Waals surface area contributed by atoms with Gasteiger partial charge in [-0.1, -0.05) is 6.92 Å². The van der Waals surface area contributed by atoms with E-state index in [9.17, 15) is 4.79 Å². The van der Waals surface area contributed by atoms with Gasteiger partial charge in [-0.25, -0.2) is 0 Å². The van der Waals surface area contributed by atoms with E-state index in [1.807, 2.05) is 6.92 Å². The van der Waals surface area contributed by atoms with Crippen molar-refractivity contribution < 1.29 is 14.3 Å². The summed E-state index contributed by atoms with van der Waals surface area (Å²) >= 11 is 0. The molecule has 0 unspecified atom stereocenters. The van der Waals surface area contributed by atoms with Crippen LogP contribution in [-0.4, -0.2) is 12.6 Å². The van der Waals surface area contributed by atoms with Crippen LogP contribution >= 0.6 is 0 Å². The van der Waals surface area contributed by atoms with Crippen molar-refractivity contribution in [2.75, 3.05) is 6.79 Å². The summed E-state index contributed by atoms with van der Waals surface area (Å²) in [7, 11) is 0. The summed E-state index contributed by atoms with van der Waals surface area (Å²) in [5, 5.41) is 0. The first kappa shape index (κ1) is 9.06. The summed E-state index contributed by atoms with van der Waals surface area (Å²) < 4.78 is 10.6. The number of benzene rings is 1. The predicted molar refractivity (Wildman–Crippen MR) is 51.9 cm³/mol. The molecule has 0 saturated heterocycles. The lowest BCUT2D eigenvalue weighted by Crippen LogP contribution is -2.00.